The molecule has 282 valence electrons. The lowest BCUT2D eigenvalue weighted by Crippen LogP contribution is -2.60. The average Bonchev–Trinajstić information content (AvgIpc) is 3.08. The van der Waals surface area contributed by atoms with Crippen LogP contribution in [0.15, 0.2) is 24.3 Å². The van der Waals surface area contributed by atoms with Crippen molar-refractivity contribution in [3.05, 3.63) is 24.3 Å². The van der Waals surface area contributed by atoms with Gasteiger partial charge in [-0.25, -0.2) is 0 Å². The van der Waals surface area contributed by atoms with Crippen LogP contribution in [0.3, 0.4) is 0 Å². The van der Waals surface area contributed by atoms with E-state index in [1.54, 1.807) is 6.08 Å². The van der Waals surface area contributed by atoms with E-state index in [2.05, 4.69) is 31.3 Å². The lowest BCUT2D eigenvalue weighted by molar-refractivity contribution is -0.302. The number of hydrogen-bond acceptors (Lipinski definition) is 8. The van der Waals surface area contributed by atoms with Crippen molar-refractivity contribution in [1.29, 1.82) is 0 Å². The summed E-state index contributed by atoms with van der Waals surface area (Å²) in [4.78, 5) is 12.8. The van der Waals surface area contributed by atoms with Gasteiger partial charge in [0.15, 0.2) is 6.29 Å². The van der Waals surface area contributed by atoms with E-state index in [1.165, 1.54) is 103 Å². The normalized spacial score (nSPS) is 22.9. The van der Waals surface area contributed by atoms with Crippen LogP contribution in [-0.4, -0.2) is 87.5 Å². The van der Waals surface area contributed by atoms with Gasteiger partial charge in [-0.3, -0.25) is 4.79 Å². The van der Waals surface area contributed by atoms with Gasteiger partial charge in [-0.05, 0) is 32.1 Å². The number of carbonyl (C=O) groups is 1. The highest BCUT2D eigenvalue weighted by Crippen LogP contribution is 2.22. The molecule has 48 heavy (non-hydrogen) atoms. The zero-order chi connectivity index (χ0) is 35.2. The predicted molar refractivity (Wildman–Crippen MR) is 193 cm³/mol. The van der Waals surface area contributed by atoms with Crippen LogP contribution < -0.4 is 5.32 Å². The van der Waals surface area contributed by atoms with Gasteiger partial charge >= 0.3 is 0 Å². The van der Waals surface area contributed by atoms with E-state index < -0.39 is 49.5 Å². The zero-order valence-electron chi connectivity index (χ0n) is 30.5. The van der Waals surface area contributed by atoms with Crippen molar-refractivity contribution >= 4 is 5.91 Å². The van der Waals surface area contributed by atoms with Gasteiger partial charge in [0.1, 0.15) is 24.4 Å². The van der Waals surface area contributed by atoms with Crippen LogP contribution >= 0.6 is 0 Å². The largest absolute Gasteiger partial charge is 0.394 e. The minimum atomic E-state index is -1.57. The minimum absolute atomic E-state index is 0.192. The fourth-order valence-corrected chi connectivity index (χ4v) is 6.05. The van der Waals surface area contributed by atoms with Crippen LogP contribution in [0.4, 0.5) is 0 Å². The van der Waals surface area contributed by atoms with E-state index in [-0.39, 0.29) is 12.5 Å². The third kappa shape index (κ3) is 21.7. The molecule has 1 fully saturated rings. The number of carbonyl (C=O) groups excluding carboxylic acids is 1. The molecule has 0 aliphatic carbocycles. The van der Waals surface area contributed by atoms with Crippen LogP contribution in [0.2, 0.25) is 0 Å². The van der Waals surface area contributed by atoms with Gasteiger partial charge in [-0.2, -0.15) is 0 Å². The summed E-state index contributed by atoms with van der Waals surface area (Å²) in [6, 6.07) is -0.813. The molecule has 1 saturated heterocycles. The first-order valence-corrected chi connectivity index (χ1v) is 19.6. The van der Waals surface area contributed by atoms with E-state index in [0.717, 1.165) is 38.5 Å². The molecular formula is C39H73NO8. The molecule has 0 bridgehead atoms. The number of nitrogens with one attached hydrogen (secondary N) is 1. The van der Waals surface area contributed by atoms with Crippen molar-refractivity contribution in [2.75, 3.05) is 13.2 Å². The Morgan fingerprint density at radius 2 is 1.19 bits per heavy atom. The fraction of sp³-hybridized carbons (Fsp3) is 0.872. The van der Waals surface area contributed by atoms with Gasteiger partial charge in [0.05, 0.1) is 25.4 Å². The Morgan fingerprint density at radius 3 is 1.75 bits per heavy atom. The van der Waals surface area contributed by atoms with E-state index in [0.29, 0.717) is 6.42 Å². The first-order valence-electron chi connectivity index (χ1n) is 19.6. The molecule has 1 aliphatic rings. The van der Waals surface area contributed by atoms with Gasteiger partial charge in [0.25, 0.3) is 0 Å². The Bertz CT molecular complexity index is 807. The summed E-state index contributed by atoms with van der Waals surface area (Å²) in [6.45, 7) is 3.70. The quantitative estimate of drug-likeness (QED) is 0.0346. The standard InChI is InChI=1S/C39H73NO8/c1-3-5-7-9-11-13-14-15-16-17-18-19-21-22-24-26-28-33(42)32(31-47-39-38(46)37(45)36(44)34(30-41)48-39)40-35(43)29-27-25-23-20-12-10-8-6-4-2/h19,21,26,28,32-34,36-39,41-42,44-46H,3-18,20,22-25,27,29-31H2,1-2H3,(H,40,43)/b21-19+,28-26+. The summed E-state index contributed by atoms with van der Waals surface area (Å²) in [5.41, 5.74) is 0. The molecule has 1 amide bonds. The third-order valence-corrected chi connectivity index (χ3v) is 9.28. The predicted octanol–water partition coefficient (Wildman–Crippen LogP) is 6.77. The Balaban J connectivity index is 2.46. The first kappa shape index (κ1) is 44.7. The number of allylic oxidation sites excluding steroid dienone is 3. The second-order valence-electron chi connectivity index (χ2n) is 13.7. The van der Waals surface area contributed by atoms with Crippen molar-refractivity contribution in [2.24, 2.45) is 0 Å². The maximum absolute atomic E-state index is 12.8. The van der Waals surface area contributed by atoms with E-state index >= 15 is 0 Å². The molecule has 0 aromatic rings. The zero-order valence-corrected chi connectivity index (χ0v) is 30.5. The molecule has 1 aliphatic heterocycles. The van der Waals surface area contributed by atoms with E-state index in [4.69, 9.17) is 9.47 Å². The Labute approximate surface area is 292 Å². The van der Waals surface area contributed by atoms with Crippen LogP contribution in [0, 0.1) is 0 Å². The number of aliphatic hydroxyl groups is 5. The summed E-state index contributed by atoms with van der Waals surface area (Å²) in [5, 5.41) is 53.8. The monoisotopic (exact) mass is 684 g/mol. The third-order valence-electron chi connectivity index (χ3n) is 9.28. The van der Waals surface area contributed by atoms with E-state index in [1.807, 2.05) is 6.08 Å². The molecule has 0 aromatic carbocycles. The van der Waals surface area contributed by atoms with Crippen LogP contribution in [0.25, 0.3) is 0 Å². The molecular weight excluding hydrogens is 610 g/mol. The minimum Gasteiger partial charge on any atom is -0.394 e. The number of hydrogen-bond donors (Lipinski definition) is 6. The first-order chi connectivity index (χ1) is 23.3. The molecule has 6 N–H and O–H groups in total. The smallest absolute Gasteiger partial charge is 0.220 e. The Hall–Kier alpha value is -1.33. The van der Waals surface area contributed by atoms with Gasteiger partial charge in [0.2, 0.25) is 5.91 Å². The van der Waals surface area contributed by atoms with Gasteiger partial charge in [-0.15, -0.1) is 0 Å². The van der Waals surface area contributed by atoms with E-state index in [9.17, 15) is 30.3 Å². The van der Waals surface area contributed by atoms with Crippen LogP contribution in [0.1, 0.15) is 162 Å². The van der Waals surface area contributed by atoms with Crippen molar-refractivity contribution in [1.82, 2.24) is 5.32 Å². The van der Waals surface area contributed by atoms with Crippen molar-refractivity contribution in [3.63, 3.8) is 0 Å². The summed E-state index contributed by atoms with van der Waals surface area (Å²) < 4.78 is 11.1. The van der Waals surface area contributed by atoms with Gasteiger partial charge < -0.3 is 40.3 Å². The van der Waals surface area contributed by atoms with Crippen molar-refractivity contribution < 1.29 is 39.8 Å². The highest BCUT2D eigenvalue weighted by Gasteiger charge is 2.44. The molecule has 7 atom stereocenters. The number of aliphatic hydroxyl groups excluding tert-OH is 5. The summed E-state index contributed by atoms with van der Waals surface area (Å²) in [5.74, 6) is -0.192. The molecule has 1 rings (SSSR count). The molecule has 1 heterocycles. The molecule has 0 radical (unpaired) electrons. The lowest BCUT2D eigenvalue weighted by Gasteiger charge is -2.40. The number of unbranched alkanes of at least 4 members (excludes halogenated alkanes) is 19. The summed E-state index contributed by atoms with van der Waals surface area (Å²) >= 11 is 0. The van der Waals surface area contributed by atoms with Crippen molar-refractivity contribution in [2.45, 2.75) is 204 Å². The summed E-state index contributed by atoms with van der Waals surface area (Å²) in [7, 11) is 0. The Morgan fingerprint density at radius 1 is 0.688 bits per heavy atom. The van der Waals surface area contributed by atoms with Crippen LogP contribution in [0.5, 0.6) is 0 Å². The second kappa shape index (κ2) is 30.5. The topological polar surface area (TPSA) is 149 Å². The highest BCUT2D eigenvalue weighted by molar-refractivity contribution is 5.76. The second-order valence-corrected chi connectivity index (χ2v) is 13.7. The average molecular weight is 684 g/mol. The fourth-order valence-electron chi connectivity index (χ4n) is 6.05. The Kier molecular flexibility index (Phi) is 28.4. The molecule has 9 heteroatoms. The maximum Gasteiger partial charge on any atom is 0.220 e. The van der Waals surface area contributed by atoms with Gasteiger partial charge in [0, 0.05) is 6.42 Å². The summed E-state index contributed by atoms with van der Waals surface area (Å²) in [6.07, 6.45) is 26.6. The highest BCUT2D eigenvalue weighted by atomic mass is 16.7. The SMILES string of the molecule is CCCCCCCCCCCC/C=C/CC/C=C/C(O)C(COC1OC(CO)C(O)C(O)C1O)NC(=O)CCCCCCCCCCC. The number of rotatable bonds is 31. The molecule has 7 unspecified atom stereocenters. The van der Waals surface area contributed by atoms with Gasteiger partial charge in [-0.1, -0.05) is 147 Å². The molecule has 0 saturated carbocycles. The lowest BCUT2D eigenvalue weighted by atomic mass is 9.99. The molecule has 0 aromatic heterocycles. The molecule has 9 nitrogen and oxygen atoms in total. The number of ether oxygens (including phenoxy) is 2. The van der Waals surface area contributed by atoms with Crippen molar-refractivity contribution in [3.8, 4) is 0 Å². The maximum atomic E-state index is 12.8. The number of amides is 1. The van der Waals surface area contributed by atoms with Crippen LogP contribution in [-0.2, 0) is 14.3 Å². The molecule has 0 spiro atoms.